The van der Waals surface area contributed by atoms with Crippen molar-refractivity contribution in [3.63, 3.8) is 0 Å². The van der Waals surface area contributed by atoms with Crippen LogP contribution in [0.5, 0.6) is 0 Å². The summed E-state index contributed by atoms with van der Waals surface area (Å²) in [6, 6.07) is 0. The van der Waals surface area contributed by atoms with E-state index in [0.717, 1.165) is 19.3 Å². The zero-order chi connectivity index (χ0) is 29.6. The number of esters is 1. The quantitative estimate of drug-likeness (QED) is 0.0373. The first-order chi connectivity index (χ1) is 19.4. The van der Waals surface area contributed by atoms with Crippen LogP contribution >= 0.6 is 7.82 Å². The van der Waals surface area contributed by atoms with Crippen molar-refractivity contribution in [1.29, 1.82) is 0 Å². The first-order valence-corrected chi connectivity index (χ1v) is 17.3. The van der Waals surface area contributed by atoms with Gasteiger partial charge in [-0.25, -0.2) is 4.57 Å². The fraction of sp³-hybridized carbons (Fsp3) is 0.839. The van der Waals surface area contributed by atoms with Crippen LogP contribution in [0.4, 0.5) is 0 Å². The Morgan fingerprint density at radius 3 is 1.80 bits per heavy atom. The van der Waals surface area contributed by atoms with Crippen LogP contribution in [-0.2, 0) is 27.9 Å². The van der Waals surface area contributed by atoms with Gasteiger partial charge in [-0.3, -0.25) is 13.8 Å². The Hall–Kier alpha value is -1.02. The van der Waals surface area contributed by atoms with Crippen molar-refractivity contribution in [1.82, 2.24) is 0 Å². The molecule has 0 radical (unpaired) electrons. The molecule has 0 saturated heterocycles. The summed E-state index contributed by atoms with van der Waals surface area (Å²) in [4.78, 5) is 20.8. The lowest BCUT2D eigenvalue weighted by Crippen LogP contribution is -2.27. The van der Waals surface area contributed by atoms with E-state index in [4.69, 9.17) is 19.7 Å². The summed E-state index contributed by atoms with van der Waals surface area (Å²) in [7, 11) is -4.22. The average Bonchev–Trinajstić information content (AvgIpc) is 2.92. The van der Waals surface area contributed by atoms with Crippen molar-refractivity contribution in [2.75, 3.05) is 33.0 Å². The van der Waals surface area contributed by atoms with Gasteiger partial charge in [0.15, 0.2) is 0 Å². The van der Waals surface area contributed by atoms with Crippen LogP contribution in [0.25, 0.3) is 0 Å². The smallest absolute Gasteiger partial charge is 0.458 e. The van der Waals surface area contributed by atoms with Crippen molar-refractivity contribution in [3.8, 4) is 0 Å². The summed E-state index contributed by atoms with van der Waals surface area (Å²) in [5, 5.41) is 0. The number of allylic oxidation sites excluding steroid dienone is 4. The van der Waals surface area contributed by atoms with Crippen LogP contribution in [0.3, 0.4) is 0 Å². The summed E-state index contributed by atoms with van der Waals surface area (Å²) in [5.74, 6) is -0.508. The molecule has 2 unspecified atom stereocenters. The van der Waals surface area contributed by atoms with E-state index >= 15 is 0 Å². The van der Waals surface area contributed by atoms with Gasteiger partial charge in [0.1, 0.15) is 6.10 Å². The van der Waals surface area contributed by atoms with Gasteiger partial charge in [-0.2, -0.15) is 0 Å². The molecule has 0 fully saturated rings. The number of hydrogen-bond donors (Lipinski definition) is 2. The third kappa shape index (κ3) is 30.0. The number of ether oxygens (including phenoxy) is 2. The van der Waals surface area contributed by atoms with Crippen molar-refractivity contribution in [2.24, 2.45) is 5.73 Å². The minimum atomic E-state index is -4.22. The van der Waals surface area contributed by atoms with Gasteiger partial charge in [0, 0.05) is 20.1 Å². The molecule has 0 aliphatic heterocycles. The van der Waals surface area contributed by atoms with E-state index in [1.807, 2.05) is 0 Å². The molecule has 3 N–H and O–H groups in total. The number of hydrogen-bond acceptors (Lipinski definition) is 7. The van der Waals surface area contributed by atoms with Crippen LogP contribution in [0.1, 0.15) is 129 Å². The zero-order valence-corrected chi connectivity index (χ0v) is 26.5. The standard InChI is InChI=1S/C31H60NO7P/c1-3-4-5-6-7-8-9-10-11-12-13-14-15-16-17-18-19-20-21-22-23-24-26-36-28-31(39-30(2)33)29-38-40(34,35)37-27-25-32/h9-10,12-13,31H,3-8,11,14-29,32H2,1-2H3,(H,34,35)/b10-9-,13-12-. The Bertz CT molecular complexity index is 672. The van der Waals surface area contributed by atoms with Crippen molar-refractivity contribution in [2.45, 2.75) is 136 Å². The van der Waals surface area contributed by atoms with Crippen LogP contribution < -0.4 is 5.73 Å². The van der Waals surface area contributed by atoms with Gasteiger partial charge < -0.3 is 20.1 Å². The highest BCUT2D eigenvalue weighted by molar-refractivity contribution is 7.47. The zero-order valence-electron chi connectivity index (χ0n) is 25.6. The van der Waals surface area contributed by atoms with Crippen molar-refractivity contribution >= 4 is 13.8 Å². The second-order valence-electron chi connectivity index (χ2n) is 10.4. The largest absolute Gasteiger partial charge is 0.472 e. The molecule has 0 heterocycles. The second-order valence-corrected chi connectivity index (χ2v) is 11.9. The lowest BCUT2D eigenvalue weighted by atomic mass is 10.1. The molecule has 0 aliphatic rings. The summed E-state index contributed by atoms with van der Waals surface area (Å²) in [6.45, 7) is 3.89. The van der Waals surface area contributed by atoms with Gasteiger partial charge in [0.2, 0.25) is 0 Å². The number of carbonyl (C=O) groups excluding carboxylic acids is 1. The predicted octanol–water partition coefficient (Wildman–Crippen LogP) is 8.18. The molecule has 0 aliphatic carbocycles. The lowest BCUT2D eigenvalue weighted by molar-refractivity contribution is -0.151. The lowest BCUT2D eigenvalue weighted by Gasteiger charge is -2.19. The second kappa shape index (κ2) is 29.5. The van der Waals surface area contributed by atoms with Crippen LogP contribution in [0.2, 0.25) is 0 Å². The maximum absolute atomic E-state index is 11.7. The van der Waals surface area contributed by atoms with Crippen LogP contribution in [-0.4, -0.2) is 49.9 Å². The summed E-state index contributed by atoms with van der Waals surface area (Å²) < 4.78 is 31.9. The number of nitrogens with two attached hydrogens (primary N) is 1. The maximum atomic E-state index is 11.7. The Balaban J connectivity index is 3.54. The summed E-state index contributed by atoms with van der Waals surface area (Å²) in [5.41, 5.74) is 5.25. The van der Waals surface area contributed by atoms with Gasteiger partial charge in [-0.05, 0) is 38.5 Å². The predicted molar refractivity (Wildman–Crippen MR) is 164 cm³/mol. The van der Waals surface area contributed by atoms with Gasteiger partial charge >= 0.3 is 13.8 Å². The maximum Gasteiger partial charge on any atom is 0.472 e. The number of carbonyl (C=O) groups is 1. The van der Waals surface area contributed by atoms with E-state index in [0.29, 0.717) is 6.61 Å². The minimum Gasteiger partial charge on any atom is -0.458 e. The number of unbranched alkanes of at least 4 members (excludes halogenated alkanes) is 15. The molecule has 0 saturated carbocycles. The Kier molecular flexibility index (Phi) is 28.7. The van der Waals surface area contributed by atoms with Crippen LogP contribution in [0.15, 0.2) is 24.3 Å². The molecule has 9 heteroatoms. The van der Waals surface area contributed by atoms with E-state index in [9.17, 15) is 14.3 Å². The fourth-order valence-corrected chi connectivity index (χ4v) is 4.97. The summed E-state index contributed by atoms with van der Waals surface area (Å²) >= 11 is 0. The van der Waals surface area contributed by atoms with Gasteiger partial charge in [0.05, 0.1) is 19.8 Å². The van der Waals surface area contributed by atoms with Crippen LogP contribution in [0, 0.1) is 0 Å². The molecule has 0 spiro atoms. The Morgan fingerprint density at radius 1 is 0.750 bits per heavy atom. The van der Waals surface area contributed by atoms with Crippen molar-refractivity contribution in [3.05, 3.63) is 24.3 Å². The minimum absolute atomic E-state index is 0.0976. The van der Waals surface area contributed by atoms with E-state index in [2.05, 4.69) is 35.8 Å². The first-order valence-electron chi connectivity index (χ1n) is 15.8. The number of rotatable bonds is 30. The number of phosphoric ester groups is 1. The van der Waals surface area contributed by atoms with Gasteiger partial charge in [0.25, 0.3) is 0 Å². The fourth-order valence-electron chi connectivity index (χ4n) is 4.20. The molecule has 2 atom stereocenters. The molecule has 0 aromatic carbocycles. The highest BCUT2D eigenvalue weighted by Gasteiger charge is 2.24. The summed E-state index contributed by atoms with van der Waals surface area (Å²) in [6.07, 6.45) is 31.1. The molecule has 0 amide bonds. The normalized spacial score (nSPS) is 14.2. The van der Waals surface area contributed by atoms with Crippen molar-refractivity contribution < 1.29 is 32.8 Å². The molecule has 0 aromatic heterocycles. The molecule has 8 nitrogen and oxygen atoms in total. The van der Waals surface area contributed by atoms with E-state index < -0.39 is 19.9 Å². The molecule has 236 valence electrons. The van der Waals surface area contributed by atoms with E-state index in [1.165, 1.54) is 103 Å². The highest BCUT2D eigenvalue weighted by Crippen LogP contribution is 2.43. The topological polar surface area (TPSA) is 117 Å². The Morgan fingerprint density at radius 2 is 1.27 bits per heavy atom. The monoisotopic (exact) mass is 589 g/mol. The third-order valence-electron chi connectivity index (χ3n) is 6.42. The molecule has 40 heavy (non-hydrogen) atoms. The first kappa shape index (κ1) is 39.0. The molecular formula is C31H60NO7P. The third-order valence-corrected chi connectivity index (χ3v) is 7.41. The molecule has 0 bridgehead atoms. The highest BCUT2D eigenvalue weighted by atomic mass is 31.2. The van der Waals surface area contributed by atoms with E-state index in [-0.39, 0.29) is 26.4 Å². The molecular weight excluding hydrogens is 529 g/mol. The van der Waals surface area contributed by atoms with Gasteiger partial charge in [-0.15, -0.1) is 0 Å². The Labute approximate surface area is 245 Å². The van der Waals surface area contributed by atoms with E-state index in [1.54, 1.807) is 0 Å². The molecule has 0 rings (SSSR count). The van der Waals surface area contributed by atoms with Gasteiger partial charge in [-0.1, -0.05) is 108 Å². The average molecular weight is 590 g/mol. The number of phosphoric acid groups is 1. The SMILES string of the molecule is CCCCCCC/C=C\C/C=C\CCCCCCCCCCCCOCC(COP(=O)(O)OCCN)OC(C)=O. The molecule has 0 aromatic rings.